The van der Waals surface area contributed by atoms with Gasteiger partial charge in [0.15, 0.2) is 5.78 Å². The van der Waals surface area contributed by atoms with E-state index < -0.39 is 25.6 Å². The fraction of sp³-hybridized carbons (Fsp3) is 0.909. The molecule has 0 N–H and O–H groups in total. The highest BCUT2D eigenvalue weighted by molar-refractivity contribution is 5.79. The summed E-state index contributed by atoms with van der Waals surface area (Å²) >= 11 is 0. The summed E-state index contributed by atoms with van der Waals surface area (Å²) in [6.45, 7) is 0.0944. The molecule has 2 nitrogen and oxygen atoms in total. The van der Waals surface area contributed by atoms with Crippen LogP contribution >= 0.6 is 0 Å². The lowest BCUT2D eigenvalue weighted by atomic mass is 10.1. The molecule has 0 aliphatic heterocycles. The van der Waals surface area contributed by atoms with Crippen LogP contribution in [0, 0.1) is 0 Å². The minimum atomic E-state index is -4.18. The van der Waals surface area contributed by atoms with Crippen molar-refractivity contribution in [2.24, 2.45) is 0 Å². The van der Waals surface area contributed by atoms with Crippen molar-refractivity contribution in [2.45, 2.75) is 51.4 Å². The summed E-state index contributed by atoms with van der Waals surface area (Å²) in [5.41, 5.74) is 0. The molecule has 0 rings (SSSR count). The van der Waals surface area contributed by atoms with Crippen molar-refractivity contribution in [3.8, 4) is 0 Å². The number of rotatable bonds is 10. The summed E-state index contributed by atoms with van der Waals surface area (Å²) in [6, 6.07) is 0. The Balaban J connectivity index is 3.58. The minimum absolute atomic E-state index is 0.250. The summed E-state index contributed by atoms with van der Waals surface area (Å²) in [5, 5.41) is 0. The van der Waals surface area contributed by atoms with Crippen LogP contribution in [0.1, 0.15) is 39.0 Å². The predicted octanol–water partition coefficient (Wildman–Crippen LogP) is 3.44. The Morgan fingerprint density at radius 3 is 2.41 bits per heavy atom. The molecular formula is C11H18F4O2. The van der Waals surface area contributed by atoms with E-state index in [9.17, 15) is 22.4 Å². The summed E-state index contributed by atoms with van der Waals surface area (Å²) in [6.07, 6.45) is 0.113. The molecule has 0 fully saturated rings. The van der Waals surface area contributed by atoms with Gasteiger partial charge >= 0.3 is 12.3 Å². The summed E-state index contributed by atoms with van der Waals surface area (Å²) in [7, 11) is 0. The lowest BCUT2D eigenvalue weighted by Crippen LogP contribution is -2.33. The lowest BCUT2D eigenvalue weighted by Gasteiger charge is -2.14. The van der Waals surface area contributed by atoms with Gasteiger partial charge in [0.05, 0.1) is 0 Å². The molecular weight excluding hydrogens is 240 g/mol. The van der Waals surface area contributed by atoms with E-state index in [1.165, 1.54) is 0 Å². The van der Waals surface area contributed by atoms with E-state index in [2.05, 4.69) is 4.74 Å². The highest BCUT2D eigenvalue weighted by atomic mass is 19.3. The molecule has 0 bridgehead atoms. The maximum absolute atomic E-state index is 12.4. The van der Waals surface area contributed by atoms with Crippen molar-refractivity contribution in [1.29, 1.82) is 0 Å². The maximum Gasteiger partial charge on any atom is 0.330 e. The van der Waals surface area contributed by atoms with Gasteiger partial charge in [0.2, 0.25) is 0 Å². The van der Waals surface area contributed by atoms with Gasteiger partial charge in [-0.05, 0) is 6.42 Å². The number of Topliss-reactive ketones (excluding diaryl/α,β-unsaturated/α-hetero) is 1. The number of carbonyl (C=O) groups excluding carboxylic acids is 1. The van der Waals surface area contributed by atoms with Gasteiger partial charge in [-0.1, -0.05) is 26.2 Å². The second-order valence-corrected chi connectivity index (χ2v) is 3.90. The van der Waals surface area contributed by atoms with Gasteiger partial charge in [-0.3, -0.25) is 4.79 Å². The molecule has 0 aromatic carbocycles. The van der Waals surface area contributed by atoms with Crippen LogP contribution in [0.3, 0.4) is 0 Å². The smallest absolute Gasteiger partial charge is 0.330 e. The Bertz CT molecular complexity index is 220. The number of ether oxygens (including phenoxy) is 1. The summed E-state index contributed by atoms with van der Waals surface area (Å²) in [4.78, 5) is 11.1. The molecule has 0 amide bonds. The topological polar surface area (TPSA) is 26.3 Å². The van der Waals surface area contributed by atoms with E-state index in [-0.39, 0.29) is 12.2 Å². The van der Waals surface area contributed by atoms with E-state index >= 15 is 0 Å². The van der Waals surface area contributed by atoms with Crippen molar-refractivity contribution in [3.63, 3.8) is 0 Å². The van der Waals surface area contributed by atoms with E-state index in [0.717, 1.165) is 19.3 Å². The molecule has 0 heterocycles. The third-order valence-electron chi connectivity index (χ3n) is 2.19. The number of ketones is 1. The summed E-state index contributed by atoms with van der Waals surface area (Å²) in [5.74, 6) is -4.51. The molecule has 102 valence electrons. The Hall–Kier alpha value is -0.650. The van der Waals surface area contributed by atoms with Crippen molar-refractivity contribution in [2.75, 3.05) is 13.2 Å². The fourth-order valence-electron chi connectivity index (χ4n) is 1.19. The van der Waals surface area contributed by atoms with Crippen molar-refractivity contribution in [3.05, 3.63) is 0 Å². The summed E-state index contributed by atoms with van der Waals surface area (Å²) < 4.78 is 52.4. The molecule has 0 spiro atoms. The molecule has 0 saturated carbocycles. The highest BCUT2D eigenvalue weighted by Crippen LogP contribution is 2.22. The average Bonchev–Trinajstić information content (AvgIpc) is 2.24. The van der Waals surface area contributed by atoms with Crippen molar-refractivity contribution >= 4 is 5.78 Å². The third-order valence-corrected chi connectivity index (χ3v) is 2.19. The maximum atomic E-state index is 12.4. The van der Waals surface area contributed by atoms with Crippen LogP contribution in [0.4, 0.5) is 17.6 Å². The molecule has 17 heavy (non-hydrogen) atoms. The number of carbonyl (C=O) groups is 1. The standard InChI is InChI=1S/C11H18F4O2/c1-2-3-4-5-6-9(16)7-17-8-11(14,15)10(12)13/h10H,2-8H2,1H3. The molecule has 0 aliphatic rings. The Morgan fingerprint density at radius 2 is 1.88 bits per heavy atom. The molecule has 0 saturated heterocycles. The zero-order valence-electron chi connectivity index (χ0n) is 9.86. The molecule has 0 atom stereocenters. The normalized spacial score (nSPS) is 12.1. The van der Waals surface area contributed by atoms with Gasteiger partial charge in [0.1, 0.15) is 13.2 Å². The third kappa shape index (κ3) is 8.12. The van der Waals surface area contributed by atoms with Gasteiger partial charge in [0.25, 0.3) is 0 Å². The minimum Gasteiger partial charge on any atom is -0.367 e. The fourth-order valence-corrected chi connectivity index (χ4v) is 1.19. The van der Waals surface area contributed by atoms with Crippen LogP contribution in [-0.2, 0) is 9.53 Å². The molecule has 6 heteroatoms. The number of hydrogen-bond acceptors (Lipinski definition) is 2. The van der Waals surface area contributed by atoms with Crippen LogP contribution in [0.2, 0.25) is 0 Å². The first-order valence-electron chi connectivity index (χ1n) is 5.65. The van der Waals surface area contributed by atoms with E-state index in [4.69, 9.17) is 0 Å². The Kier molecular flexibility index (Phi) is 8.12. The average molecular weight is 258 g/mol. The SMILES string of the molecule is CCCCCCC(=O)COCC(F)(F)C(F)F. The van der Waals surface area contributed by atoms with Crippen molar-refractivity contribution < 1.29 is 27.1 Å². The van der Waals surface area contributed by atoms with Crippen LogP contribution in [-0.4, -0.2) is 31.3 Å². The zero-order chi connectivity index (χ0) is 13.3. The number of unbranched alkanes of at least 4 members (excludes halogenated alkanes) is 3. The van der Waals surface area contributed by atoms with E-state index in [1.807, 2.05) is 6.92 Å². The van der Waals surface area contributed by atoms with Gasteiger partial charge < -0.3 is 4.74 Å². The zero-order valence-corrected chi connectivity index (χ0v) is 9.86. The predicted molar refractivity (Wildman–Crippen MR) is 55.5 cm³/mol. The van der Waals surface area contributed by atoms with Crippen molar-refractivity contribution in [1.82, 2.24) is 0 Å². The lowest BCUT2D eigenvalue weighted by molar-refractivity contribution is -0.168. The van der Waals surface area contributed by atoms with Crippen LogP contribution < -0.4 is 0 Å². The second kappa shape index (κ2) is 8.44. The van der Waals surface area contributed by atoms with Gasteiger partial charge in [-0.15, -0.1) is 0 Å². The molecule has 0 aromatic rings. The van der Waals surface area contributed by atoms with Crippen LogP contribution in [0.25, 0.3) is 0 Å². The Morgan fingerprint density at radius 1 is 1.24 bits per heavy atom. The van der Waals surface area contributed by atoms with Crippen LogP contribution in [0.15, 0.2) is 0 Å². The second-order valence-electron chi connectivity index (χ2n) is 3.90. The molecule has 0 aromatic heterocycles. The first-order chi connectivity index (χ1) is 7.90. The highest BCUT2D eigenvalue weighted by Gasteiger charge is 2.41. The quantitative estimate of drug-likeness (QED) is 0.443. The number of alkyl halides is 4. The van der Waals surface area contributed by atoms with Crippen LogP contribution in [0.5, 0.6) is 0 Å². The number of hydrogen-bond donors (Lipinski definition) is 0. The number of halogens is 4. The Labute approximate surface area is 98.3 Å². The van der Waals surface area contributed by atoms with Gasteiger partial charge in [0, 0.05) is 6.42 Å². The van der Waals surface area contributed by atoms with Gasteiger partial charge in [-0.25, -0.2) is 8.78 Å². The van der Waals surface area contributed by atoms with E-state index in [0.29, 0.717) is 6.42 Å². The molecule has 0 aliphatic carbocycles. The molecule has 0 radical (unpaired) electrons. The van der Waals surface area contributed by atoms with E-state index in [1.54, 1.807) is 0 Å². The molecule has 0 unspecified atom stereocenters. The first-order valence-corrected chi connectivity index (χ1v) is 5.65. The first kappa shape index (κ1) is 16.4. The van der Waals surface area contributed by atoms with Gasteiger partial charge in [-0.2, -0.15) is 8.78 Å². The largest absolute Gasteiger partial charge is 0.367 e. The monoisotopic (exact) mass is 258 g/mol.